The Bertz CT molecular complexity index is 795. The molecule has 0 radical (unpaired) electrons. The predicted octanol–water partition coefficient (Wildman–Crippen LogP) is 2.90. The lowest BCUT2D eigenvalue weighted by Crippen LogP contribution is -2.36. The average Bonchev–Trinajstić information content (AvgIpc) is 2.99. The van der Waals surface area contributed by atoms with Gasteiger partial charge in [0.25, 0.3) is 0 Å². The summed E-state index contributed by atoms with van der Waals surface area (Å²) < 4.78 is 6.34. The van der Waals surface area contributed by atoms with Crippen molar-refractivity contribution in [3.05, 3.63) is 36.5 Å². The fraction of sp³-hybridized carbons (Fsp3) is 0.250. The Kier molecular flexibility index (Phi) is 3.40. The molecule has 4 rings (SSSR count). The summed E-state index contributed by atoms with van der Waals surface area (Å²) in [5.74, 6) is 1.24. The molecule has 1 fully saturated rings. The molecule has 0 aliphatic carbocycles. The van der Waals surface area contributed by atoms with Gasteiger partial charge in [0.1, 0.15) is 16.6 Å². The SMILES string of the molecule is Oc1ccc2nc(-c3ccc(N4CCOCC4)nc3)sc2c1. The Labute approximate surface area is 131 Å². The van der Waals surface area contributed by atoms with E-state index < -0.39 is 0 Å². The summed E-state index contributed by atoms with van der Waals surface area (Å²) in [6.07, 6.45) is 1.86. The summed E-state index contributed by atoms with van der Waals surface area (Å²) in [7, 11) is 0. The summed E-state index contributed by atoms with van der Waals surface area (Å²) in [6.45, 7) is 3.27. The van der Waals surface area contributed by atoms with Gasteiger partial charge in [-0.2, -0.15) is 0 Å². The third-order valence-electron chi connectivity index (χ3n) is 3.70. The van der Waals surface area contributed by atoms with Crippen LogP contribution < -0.4 is 4.90 Å². The zero-order valence-electron chi connectivity index (χ0n) is 11.9. The molecular formula is C16H15N3O2S. The highest BCUT2D eigenvalue weighted by Gasteiger charge is 2.13. The molecule has 0 unspecified atom stereocenters. The third-order valence-corrected chi connectivity index (χ3v) is 4.77. The van der Waals surface area contributed by atoms with Crippen LogP contribution in [-0.2, 0) is 4.74 Å². The first-order valence-corrected chi connectivity index (χ1v) is 8.00. The number of hydrogen-bond donors (Lipinski definition) is 1. The number of hydrogen-bond acceptors (Lipinski definition) is 6. The highest BCUT2D eigenvalue weighted by Crippen LogP contribution is 2.32. The van der Waals surface area contributed by atoms with Gasteiger partial charge in [0.15, 0.2) is 0 Å². The maximum atomic E-state index is 9.54. The first-order valence-electron chi connectivity index (χ1n) is 7.18. The third kappa shape index (κ3) is 2.51. The quantitative estimate of drug-likeness (QED) is 0.788. The van der Waals surface area contributed by atoms with Crippen LogP contribution in [0.15, 0.2) is 36.5 Å². The first kappa shape index (κ1) is 13.5. The number of aromatic hydroxyl groups is 1. The van der Waals surface area contributed by atoms with E-state index in [1.54, 1.807) is 23.5 Å². The lowest BCUT2D eigenvalue weighted by molar-refractivity contribution is 0.122. The molecule has 112 valence electrons. The minimum atomic E-state index is 0.267. The zero-order valence-corrected chi connectivity index (χ0v) is 12.7. The molecule has 6 heteroatoms. The van der Waals surface area contributed by atoms with Crippen LogP contribution >= 0.6 is 11.3 Å². The molecule has 5 nitrogen and oxygen atoms in total. The predicted molar refractivity (Wildman–Crippen MR) is 87.5 cm³/mol. The Hall–Kier alpha value is -2.18. The number of benzene rings is 1. The van der Waals surface area contributed by atoms with Crippen LogP contribution in [0.3, 0.4) is 0 Å². The summed E-state index contributed by atoms with van der Waals surface area (Å²) >= 11 is 1.56. The van der Waals surface area contributed by atoms with Crippen molar-refractivity contribution < 1.29 is 9.84 Å². The molecule has 0 spiro atoms. The fourth-order valence-electron chi connectivity index (χ4n) is 2.53. The first-order chi connectivity index (χ1) is 10.8. The van der Waals surface area contributed by atoms with Gasteiger partial charge in [-0.3, -0.25) is 0 Å². The van der Waals surface area contributed by atoms with Crippen LogP contribution in [0.5, 0.6) is 5.75 Å². The van der Waals surface area contributed by atoms with Crippen molar-refractivity contribution in [1.29, 1.82) is 0 Å². The molecule has 2 aromatic heterocycles. The number of aromatic nitrogens is 2. The minimum absolute atomic E-state index is 0.267. The van der Waals surface area contributed by atoms with Crippen molar-refractivity contribution in [2.24, 2.45) is 0 Å². The number of thiazole rings is 1. The molecule has 1 aliphatic rings. The Morgan fingerprint density at radius 1 is 1.14 bits per heavy atom. The van der Waals surface area contributed by atoms with E-state index >= 15 is 0 Å². The summed E-state index contributed by atoms with van der Waals surface area (Å²) in [4.78, 5) is 11.4. The fourth-order valence-corrected chi connectivity index (χ4v) is 3.52. The highest BCUT2D eigenvalue weighted by atomic mass is 32.1. The normalized spacial score (nSPS) is 15.4. The number of phenolic OH excluding ortho intramolecular Hbond substituents is 1. The van der Waals surface area contributed by atoms with Crippen molar-refractivity contribution >= 4 is 27.4 Å². The smallest absolute Gasteiger partial charge is 0.128 e. The average molecular weight is 313 g/mol. The van der Waals surface area contributed by atoms with Crippen LogP contribution in [0.25, 0.3) is 20.8 Å². The van der Waals surface area contributed by atoms with E-state index in [-0.39, 0.29) is 5.75 Å². The summed E-state index contributed by atoms with van der Waals surface area (Å²) in [6, 6.07) is 9.32. The van der Waals surface area contributed by atoms with Gasteiger partial charge in [-0.15, -0.1) is 11.3 Å². The van der Waals surface area contributed by atoms with E-state index in [2.05, 4.69) is 20.9 Å². The summed E-state index contributed by atoms with van der Waals surface area (Å²) in [5.41, 5.74) is 1.90. The number of phenols is 1. The van der Waals surface area contributed by atoms with Crippen LogP contribution in [0, 0.1) is 0 Å². The molecule has 3 heterocycles. The van der Waals surface area contributed by atoms with Gasteiger partial charge in [0, 0.05) is 24.8 Å². The van der Waals surface area contributed by atoms with Crippen LogP contribution in [0.4, 0.5) is 5.82 Å². The van der Waals surface area contributed by atoms with Gasteiger partial charge in [0.05, 0.1) is 23.4 Å². The van der Waals surface area contributed by atoms with Gasteiger partial charge in [-0.1, -0.05) is 0 Å². The molecule has 1 aromatic carbocycles. The number of rotatable bonds is 2. The number of ether oxygens (including phenoxy) is 1. The molecule has 1 aliphatic heterocycles. The van der Waals surface area contributed by atoms with E-state index in [9.17, 15) is 5.11 Å². The van der Waals surface area contributed by atoms with Crippen molar-refractivity contribution in [2.75, 3.05) is 31.2 Å². The van der Waals surface area contributed by atoms with E-state index in [4.69, 9.17) is 4.74 Å². The Morgan fingerprint density at radius 2 is 2.00 bits per heavy atom. The lowest BCUT2D eigenvalue weighted by atomic mass is 10.2. The number of pyridine rings is 1. The van der Waals surface area contributed by atoms with E-state index in [0.717, 1.165) is 52.9 Å². The number of fused-ring (bicyclic) bond motifs is 1. The highest BCUT2D eigenvalue weighted by molar-refractivity contribution is 7.21. The molecule has 0 bridgehead atoms. The molecule has 1 N–H and O–H groups in total. The molecule has 3 aromatic rings. The molecule has 22 heavy (non-hydrogen) atoms. The maximum Gasteiger partial charge on any atom is 0.128 e. The second-order valence-corrected chi connectivity index (χ2v) is 6.21. The molecular weight excluding hydrogens is 298 g/mol. The lowest BCUT2D eigenvalue weighted by Gasteiger charge is -2.27. The van der Waals surface area contributed by atoms with Gasteiger partial charge in [-0.05, 0) is 30.3 Å². The standard InChI is InChI=1S/C16H15N3O2S/c20-12-2-3-13-14(9-12)22-16(18-13)11-1-4-15(17-10-11)19-5-7-21-8-6-19/h1-4,9-10,20H,5-8H2. The zero-order chi connectivity index (χ0) is 14.9. The van der Waals surface area contributed by atoms with Crippen molar-refractivity contribution in [3.8, 4) is 16.3 Å². The molecule has 0 atom stereocenters. The van der Waals surface area contributed by atoms with Crippen LogP contribution in [-0.4, -0.2) is 41.4 Å². The number of morpholine rings is 1. The number of nitrogens with zero attached hydrogens (tertiary/aromatic N) is 3. The monoisotopic (exact) mass is 313 g/mol. The Morgan fingerprint density at radius 3 is 2.77 bits per heavy atom. The van der Waals surface area contributed by atoms with Crippen molar-refractivity contribution in [1.82, 2.24) is 9.97 Å². The maximum absolute atomic E-state index is 9.54. The van der Waals surface area contributed by atoms with Gasteiger partial charge < -0.3 is 14.7 Å². The van der Waals surface area contributed by atoms with Crippen LogP contribution in [0.2, 0.25) is 0 Å². The second-order valence-electron chi connectivity index (χ2n) is 5.18. The van der Waals surface area contributed by atoms with Gasteiger partial charge in [0.2, 0.25) is 0 Å². The minimum Gasteiger partial charge on any atom is -0.508 e. The van der Waals surface area contributed by atoms with Gasteiger partial charge in [-0.25, -0.2) is 9.97 Å². The van der Waals surface area contributed by atoms with E-state index in [1.165, 1.54) is 0 Å². The summed E-state index contributed by atoms with van der Waals surface area (Å²) in [5, 5.41) is 10.5. The topological polar surface area (TPSA) is 58.5 Å². The van der Waals surface area contributed by atoms with Gasteiger partial charge >= 0.3 is 0 Å². The number of anilines is 1. The van der Waals surface area contributed by atoms with Crippen LogP contribution in [0.1, 0.15) is 0 Å². The Balaban J connectivity index is 1.63. The van der Waals surface area contributed by atoms with E-state index in [1.807, 2.05) is 18.3 Å². The largest absolute Gasteiger partial charge is 0.508 e. The molecule has 1 saturated heterocycles. The van der Waals surface area contributed by atoms with Crippen molar-refractivity contribution in [2.45, 2.75) is 0 Å². The van der Waals surface area contributed by atoms with E-state index in [0.29, 0.717) is 0 Å². The molecule has 0 amide bonds. The second kappa shape index (κ2) is 5.55. The molecule has 0 saturated carbocycles. The van der Waals surface area contributed by atoms with Crippen molar-refractivity contribution in [3.63, 3.8) is 0 Å².